The second kappa shape index (κ2) is 5.68. The van der Waals surface area contributed by atoms with E-state index in [1.165, 1.54) is 0 Å². The van der Waals surface area contributed by atoms with Gasteiger partial charge in [0.1, 0.15) is 0 Å². The Morgan fingerprint density at radius 1 is 1.33 bits per heavy atom. The van der Waals surface area contributed by atoms with E-state index < -0.39 is 12.6 Å². The zero-order valence-corrected chi connectivity index (χ0v) is 7.88. The van der Waals surface area contributed by atoms with Gasteiger partial charge in [-0.3, -0.25) is 0 Å². The zero-order valence-electron chi connectivity index (χ0n) is 7.12. The highest BCUT2D eigenvalue weighted by Gasteiger charge is 2.26. The third kappa shape index (κ3) is 6.77. The minimum atomic E-state index is -4.01. The van der Waals surface area contributed by atoms with E-state index in [0.717, 1.165) is 6.42 Å². The first-order valence-electron chi connectivity index (χ1n) is 4.12. The number of halogens is 4. The van der Waals surface area contributed by atoms with E-state index in [2.05, 4.69) is 0 Å². The van der Waals surface area contributed by atoms with Gasteiger partial charge in [-0.1, -0.05) is 13.3 Å². The van der Waals surface area contributed by atoms with Crippen LogP contribution in [0.4, 0.5) is 13.2 Å². The summed E-state index contributed by atoms with van der Waals surface area (Å²) in [7, 11) is 0. The molecular weight excluding hydrogens is 189 g/mol. The molecule has 0 nitrogen and oxygen atoms in total. The second-order valence-corrected chi connectivity index (χ2v) is 3.24. The second-order valence-electron chi connectivity index (χ2n) is 2.94. The fourth-order valence-electron chi connectivity index (χ4n) is 0.982. The first kappa shape index (κ1) is 12.1. The first-order chi connectivity index (χ1) is 5.49. The average molecular weight is 203 g/mol. The van der Waals surface area contributed by atoms with E-state index in [1.807, 2.05) is 6.92 Å². The summed E-state index contributed by atoms with van der Waals surface area (Å²) in [6, 6.07) is 0. The van der Waals surface area contributed by atoms with E-state index in [4.69, 9.17) is 11.6 Å². The largest absolute Gasteiger partial charge is 0.389 e. The SMILES string of the molecule is CCC(CCl)CCCC(F)(F)F. The van der Waals surface area contributed by atoms with Gasteiger partial charge in [0, 0.05) is 12.3 Å². The maximum absolute atomic E-state index is 11.7. The summed E-state index contributed by atoms with van der Waals surface area (Å²) in [6.07, 6.45) is -3.04. The molecular formula is C8H14ClF3. The third-order valence-corrected chi connectivity index (χ3v) is 2.30. The molecule has 0 saturated carbocycles. The first-order valence-corrected chi connectivity index (χ1v) is 4.65. The Bertz CT molecular complexity index is 107. The van der Waals surface area contributed by atoms with Crippen LogP contribution in [0.5, 0.6) is 0 Å². The van der Waals surface area contributed by atoms with Gasteiger partial charge in [0.25, 0.3) is 0 Å². The normalized spacial score (nSPS) is 14.8. The van der Waals surface area contributed by atoms with Crippen LogP contribution in [0.1, 0.15) is 32.6 Å². The van der Waals surface area contributed by atoms with Crippen molar-refractivity contribution in [1.29, 1.82) is 0 Å². The highest BCUT2D eigenvalue weighted by molar-refractivity contribution is 6.18. The van der Waals surface area contributed by atoms with Crippen molar-refractivity contribution in [3.8, 4) is 0 Å². The van der Waals surface area contributed by atoms with Gasteiger partial charge in [0.2, 0.25) is 0 Å². The van der Waals surface area contributed by atoms with E-state index in [-0.39, 0.29) is 12.3 Å². The van der Waals surface area contributed by atoms with Crippen molar-refractivity contribution in [3.63, 3.8) is 0 Å². The highest BCUT2D eigenvalue weighted by Crippen LogP contribution is 2.24. The van der Waals surface area contributed by atoms with Gasteiger partial charge in [-0.05, 0) is 18.8 Å². The minimum Gasteiger partial charge on any atom is -0.171 e. The molecule has 74 valence electrons. The van der Waals surface area contributed by atoms with Gasteiger partial charge in [0.05, 0.1) is 0 Å². The molecule has 0 N–H and O–H groups in total. The molecule has 1 unspecified atom stereocenters. The van der Waals surface area contributed by atoms with Crippen molar-refractivity contribution >= 4 is 11.6 Å². The van der Waals surface area contributed by atoms with Gasteiger partial charge in [0.15, 0.2) is 0 Å². The van der Waals surface area contributed by atoms with Crippen LogP contribution in [-0.2, 0) is 0 Å². The van der Waals surface area contributed by atoms with Crippen LogP contribution >= 0.6 is 11.6 Å². The molecule has 0 aliphatic carbocycles. The number of hydrogen-bond donors (Lipinski definition) is 0. The fraction of sp³-hybridized carbons (Fsp3) is 1.00. The number of hydrogen-bond acceptors (Lipinski definition) is 0. The molecule has 1 atom stereocenters. The van der Waals surface area contributed by atoms with Crippen LogP contribution in [0.15, 0.2) is 0 Å². The Morgan fingerprint density at radius 2 is 1.92 bits per heavy atom. The van der Waals surface area contributed by atoms with E-state index in [0.29, 0.717) is 12.3 Å². The molecule has 0 aliphatic rings. The summed E-state index contributed by atoms with van der Waals surface area (Å²) in [5.41, 5.74) is 0. The molecule has 0 radical (unpaired) electrons. The van der Waals surface area contributed by atoms with E-state index in [9.17, 15) is 13.2 Å². The molecule has 0 bridgehead atoms. The molecule has 0 amide bonds. The van der Waals surface area contributed by atoms with E-state index >= 15 is 0 Å². The predicted molar refractivity (Wildman–Crippen MR) is 44.4 cm³/mol. The van der Waals surface area contributed by atoms with Crippen molar-refractivity contribution < 1.29 is 13.2 Å². The smallest absolute Gasteiger partial charge is 0.171 e. The molecule has 0 aromatic heterocycles. The average Bonchev–Trinajstić information content (AvgIpc) is 1.96. The summed E-state index contributed by atoms with van der Waals surface area (Å²) in [6.45, 7) is 1.95. The van der Waals surface area contributed by atoms with Gasteiger partial charge < -0.3 is 0 Å². The van der Waals surface area contributed by atoms with Crippen LogP contribution in [-0.4, -0.2) is 12.1 Å². The lowest BCUT2D eigenvalue weighted by Crippen LogP contribution is -2.08. The summed E-state index contributed by atoms with van der Waals surface area (Å²) < 4.78 is 35.0. The molecule has 0 aromatic carbocycles. The summed E-state index contributed by atoms with van der Waals surface area (Å²) in [5, 5.41) is 0. The molecule has 12 heavy (non-hydrogen) atoms. The van der Waals surface area contributed by atoms with Crippen molar-refractivity contribution in [1.82, 2.24) is 0 Å². The lowest BCUT2D eigenvalue weighted by atomic mass is 10.0. The molecule has 0 fully saturated rings. The Balaban J connectivity index is 3.41. The molecule has 0 saturated heterocycles. The molecule has 0 aliphatic heterocycles. The summed E-state index contributed by atoms with van der Waals surface area (Å²) in [4.78, 5) is 0. The Morgan fingerprint density at radius 3 is 2.25 bits per heavy atom. The van der Waals surface area contributed by atoms with Crippen molar-refractivity contribution in [2.24, 2.45) is 5.92 Å². The predicted octanol–water partition coefficient (Wildman–Crippen LogP) is 3.98. The Kier molecular flexibility index (Phi) is 5.72. The lowest BCUT2D eigenvalue weighted by molar-refractivity contribution is -0.136. The van der Waals surface area contributed by atoms with Crippen LogP contribution < -0.4 is 0 Å². The summed E-state index contributed by atoms with van der Waals surface area (Å²) >= 11 is 5.54. The lowest BCUT2D eigenvalue weighted by Gasteiger charge is -2.11. The van der Waals surface area contributed by atoms with Crippen molar-refractivity contribution in [2.75, 3.05) is 5.88 Å². The van der Waals surface area contributed by atoms with Gasteiger partial charge >= 0.3 is 6.18 Å². The third-order valence-electron chi connectivity index (χ3n) is 1.87. The van der Waals surface area contributed by atoms with Crippen LogP contribution in [0.3, 0.4) is 0 Å². The highest BCUT2D eigenvalue weighted by atomic mass is 35.5. The van der Waals surface area contributed by atoms with Crippen LogP contribution in [0, 0.1) is 5.92 Å². The number of alkyl halides is 4. The van der Waals surface area contributed by atoms with E-state index in [1.54, 1.807) is 0 Å². The van der Waals surface area contributed by atoms with Gasteiger partial charge in [-0.2, -0.15) is 13.2 Å². The topological polar surface area (TPSA) is 0 Å². The molecule has 0 rings (SSSR count). The minimum absolute atomic E-state index is 0.203. The standard InChI is InChI=1S/C8H14ClF3/c1-2-7(6-9)4-3-5-8(10,11)12/h7H,2-6H2,1H3. The molecule has 0 spiro atoms. The number of rotatable bonds is 5. The summed E-state index contributed by atoms with van der Waals surface area (Å²) in [5.74, 6) is 0.711. The Hall–Kier alpha value is 0.0800. The quantitative estimate of drug-likeness (QED) is 0.592. The molecule has 0 aromatic rings. The maximum Gasteiger partial charge on any atom is 0.389 e. The van der Waals surface area contributed by atoms with Crippen LogP contribution in [0.2, 0.25) is 0 Å². The maximum atomic E-state index is 11.7. The molecule has 4 heteroatoms. The molecule has 0 heterocycles. The van der Waals surface area contributed by atoms with Crippen LogP contribution in [0.25, 0.3) is 0 Å². The monoisotopic (exact) mass is 202 g/mol. The zero-order chi connectivity index (χ0) is 9.61. The van der Waals surface area contributed by atoms with Crippen molar-refractivity contribution in [3.05, 3.63) is 0 Å². The fourth-order valence-corrected chi connectivity index (χ4v) is 1.35. The van der Waals surface area contributed by atoms with Gasteiger partial charge in [-0.15, -0.1) is 11.6 Å². The van der Waals surface area contributed by atoms with Gasteiger partial charge in [-0.25, -0.2) is 0 Å². The van der Waals surface area contributed by atoms with Crippen molar-refractivity contribution in [2.45, 2.75) is 38.8 Å². The Labute approximate surface area is 76.1 Å².